The molecule has 2 aromatic carbocycles. The lowest BCUT2D eigenvalue weighted by Crippen LogP contribution is -2.32. The Kier molecular flexibility index (Phi) is 5.76. The zero-order valence-electron chi connectivity index (χ0n) is 12.3. The predicted molar refractivity (Wildman–Crippen MR) is 85.1 cm³/mol. The van der Waals surface area contributed by atoms with Crippen molar-refractivity contribution in [3.8, 4) is 5.75 Å². The third-order valence-corrected chi connectivity index (χ3v) is 3.22. The van der Waals surface area contributed by atoms with Crippen LogP contribution in [0, 0.1) is 18.6 Å². The quantitative estimate of drug-likeness (QED) is 0.804. The van der Waals surface area contributed by atoms with E-state index in [1.165, 1.54) is 6.07 Å². The van der Waals surface area contributed by atoms with Crippen LogP contribution in [0.2, 0.25) is 5.02 Å². The van der Waals surface area contributed by atoms with Crippen LogP contribution in [-0.4, -0.2) is 19.2 Å². The number of urea groups is 1. The number of amides is 2. The fraction of sp³-hybridized carbons (Fsp3) is 0.188. The molecule has 2 rings (SSSR count). The number of ether oxygens (including phenoxy) is 1. The number of carbonyl (C=O) groups excluding carboxylic acids is 1. The van der Waals surface area contributed by atoms with Gasteiger partial charge >= 0.3 is 6.03 Å². The minimum absolute atomic E-state index is 0.123. The second-order valence-corrected chi connectivity index (χ2v) is 5.20. The van der Waals surface area contributed by atoms with Gasteiger partial charge in [-0.15, -0.1) is 0 Å². The van der Waals surface area contributed by atoms with E-state index in [0.29, 0.717) is 10.7 Å². The molecule has 4 nitrogen and oxygen atoms in total. The molecule has 0 bridgehead atoms. The van der Waals surface area contributed by atoms with E-state index >= 15 is 0 Å². The first-order valence-corrected chi connectivity index (χ1v) is 7.22. The maximum Gasteiger partial charge on any atom is 0.319 e. The maximum atomic E-state index is 13.0. The molecule has 0 fully saturated rings. The van der Waals surface area contributed by atoms with Gasteiger partial charge in [0.2, 0.25) is 0 Å². The molecule has 122 valence electrons. The van der Waals surface area contributed by atoms with Crippen LogP contribution in [0.3, 0.4) is 0 Å². The van der Waals surface area contributed by atoms with Gasteiger partial charge in [0.1, 0.15) is 12.4 Å². The lowest BCUT2D eigenvalue weighted by Gasteiger charge is -2.11. The van der Waals surface area contributed by atoms with E-state index < -0.39 is 17.7 Å². The van der Waals surface area contributed by atoms with Crippen LogP contribution in [0.5, 0.6) is 5.75 Å². The van der Waals surface area contributed by atoms with E-state index in [9.17, 15) is 13.6 Å². The van der Waals surface area contributed by atoms with E-state index in [0.717, 1.165) is 17.7 Å². The van der Waals surface area contributed by atoms with Gasteiger partial charge < -0.3 is 15.4 Å². The molecule has 0 aliphatic rings. The fourth-order valence-corrected chi connectivity index (χ4v) is 2.06. The van der Waals surface area contributed by atoms with Crippen molar-refractivity contribution in [1.82, 2.24) is 5.32 Å². The van der Waals surface area contributed by atoms with Gasteiger partial charge in [-0.25, -0.2) is 13.6 Å². The van der Waals surface area contributed by atoms with Crippen LogP contribution in [0.15, 0.2) is 36.4 Å². The molecule has 23 heavy (non-hydrogen) atoms. The molecule has 0 saturated heterocycles. The second-order valence-electron chi connectivity index (χ2n) is 4.76. The summed E-state index contributed by atoms with van der Waals surface area (Å²) in [5.41, 5.74) is 1.49. The highest BCUT2D eigenvalue weighted by Gasteiger charge is 2.05. The lowest BCUT2D eigenvalue weighted by molar-refractivity contribution is 0.247. The first-order valence-electron chi connectivity index (χ1n) is 6.84. The standard InChI is InChI=1S/C16H15ClF2N2O2/c1-10-8-11(17)2-5-15(10)21-16(22)20-6-7-23-12-3-4-13(18)14(19)9-12/h2-5,8-9H,6-7H2,1H3,(H2,20,21,22). The van der Waals surface area contributed by atoms with Crippen molar-refractivity contribution >= 4 is 23.3 Å². The number of benzene rings is 2. The van der Waals surface area contributed by atoms with E-state index in [-0.39, 0.29) is 18.9 Å². The zero-order chi connectivity index (χ0) is 16.8. The van der Waals surface area contributed by atoms with E-state index in [4.69, 9.17) is 16.3 Å². The average Bonchev–Trinajstić information content (AvgIpc) is 2.50. The number of nitrogens with one attached hydrogen (secondary N) is 2. The Bertz CT molecular complexity index is 710. The largest absolute Gasteiger partial charge is 0.492 e. The van der Waals surface area contributed by atoms with Gasteiger partial charge in [0.25, 0.3) is 0 Å². The summed E-state index contributed by atoms with van der Waals surface area (Å²) >= 11 is 5.84. The summed E-state index contributed by atoms with van der Waals surface area (Å²) in [5, 5.41) is 5.86. The van der Waals surface area contributed by atoms with E-state index in [1.807, 2.05) is 6.92 Å². The summed E-state index contributed by atoms with van der Waals surface area (Å²) in [7, 11) is 0. The van der Waals surface area contributed by atoms with Crippen LogP contribution in [0.25, 0.3) is 0 Å². The summed E-state index contributed by atoms with van der Waals surface area (Å²) in [5.74, 6) is -1.72. The SMILES string of the molecule is Cc1cc(Cl)ccc1NC(=O)NCCOc1ccc(F)c(F)c1. The van der Waals surface area contributed by atoms with Crippen molar-refractivity contribution in [1.29, 1.82) is 0 Å². The Morgan fingerprint density at radius 1 is 1.17 bits per heavy atom. The number of anilines is 1. The van der Waals surface area contributed by atoms with Crippen LogP contribution < -0.4 is 15.4 Å². The summed E-state index contributed by atoms with van der Waals surface area (Å²) in [4.78, 5) is 11.7. The summed E-state index contributed by atoms with van der Waals surface area (Å²) in [6, 6.07) is 7.97. The van der Waals surface area contributed by atoms with Crippen molar-refractivity contribution < 1.29 is 18.3 Å². The van der Waals surface area contributed by atoms with Crippen LogP contribution >= 0.6 is 11.6 Å². The molecule has 0 aliphatic carbocycles. The molecule has 2 aromatic rings. The molecule has 0 aliphatic heterocycles. The number of carbonyl (C=O) groups is 1. The van der Waals surface area contributed by atoms with Crippen LogP contribution in [-0.2, 0) is 0 Å². The second kappa shape index (κ2) is 7.78. The van der Waals surface area contributed by atoms with Gasteiger partial charge in [-0.1, -0.05) is 11.6 Å². The summed E-state index contributed by atoms with van der Waals surface area (Å²) < 4.78 is 30.9. The number of halogens is 3. The van der Waals surface area contributed by atoms with Gasteiger partial charge in [-0.05, 0) is 42.8 Å². The molecule has 7 heteroatoms. The maximum absolute atomic E-state index is 13.0. The molecule has 0 radical (unpaired) electrons. The molecule has 2 N–H and O–H groups in total. The molecule has 2 amide bonds. The monoisotopic (exact) mass is 340 g/mol. The molecule has 0 aromatic heterocycles. The Morgan fingerprint density at radius 2 is 1.96 bits per heavy atom. The average molecular weight is 341 g/mol. The Morgan fingerprint density at radius 3 is 2.65 bits per heavy atom. The highest BCUT2D eigenvalue weighted by atomic mass is 35.5. The highest BCUT2D eigenvalue weighted by molar-refractivity contribution is 6.30. The summed E-state index contributed by atoms with van der Waals surface area (Å²) in [6.45, 7) is 2.16. The molecule has 0 heterocycles. The Balaban J connectivity index is 1.75. The van der Waals surface area contributed by atoms with Crippen molar-refractivity contribution in [3.63, 3.8) is 0 Å². The number of hydrogen-bond donors (Lipinski definition) is 2. The molecule has 0 unspecified atom stereocenters. The first-order chi connectivity index (χ1) is 11.0. The lowest BCUT2D eigenvalue weighted by atomic mass is 10.2. The number of hydrogen-bond acceptors (Lipinski definition) is 2. The van der Waals surface area contributed by atoms with Crippen molar-refractivity contribution in [2.45, 2.75) is 6.92 Å². The van der Waals surface area contributed by atoms with Gasteiger partial charge in [0, 0.05) is 16.8 Å². The van der Waals surface area contributed by atoms with Gasteiger partial charge in [-0.3, -0.25) is 0 Å². The third kappa shape index (κ3) is 5.10. The fourth-order valence-electron chi connectivity index (χ4n) is 1.83. The number of rotatable bonds is 5. The highest BCUT2D eigenvalue weighted by Crippen LogP contribution is 2.19. The molecular formula is C16H15ClF2N2O2. The van der Waals surface area contributed by atoms with Crippen LogP contribution in [0.1, 0.15) is 5.56 Å². The Hall–Kier alpha value is -2.34. The zero-order valence-corrected chi connectivity index (χ0v) is 13.1. The third-order valence-electron chi connectivity index (χ3n) is 2.98. The van der Waals surface area contributed by atoms with E-state index in [2.05, 4.69) is 10.6 Å². The van der Waals surface area contributed by atoms with Gasteiger partial charge in [0.05, 0.1) is 6.54 Å². The minimum atomic E-state index is -0.980. The molecule has 0 saturated carbocycles. The molecule has 0 atom stereocenters. The summed E-state index contributed by atoms with van der Waals surface area (Å²) in [6.07, 6.45) is 0. The van der Waals surface area contributed by atoms with Gasteiger partial charge in [0.15, 0.2) is 11.6 Å². The van der Waals surface area contributed by atoms with Gasteiger partial charge in [-0.2, -0.15) is 0 Å². The van der Waals surface area contributed by atoms with E-state index in [1.54, 1.807) is 18.2 Å². The molecule has 0 spiro atoms. The van der Waals surface area contributed by atoms with Crippen molar-refractivity contribution in [3.05, 3.63) is 58.6 Å². The molecular weight excluding hydrogens is 326 g/mol. The Labute approximate surface area is 137 Å². The predicted octanol–water partition coefficient (Wildman–Crippen LogP) is 4.13. The minimum Gasteiger partial charge on any atom is -0.492 e. The first kappa shape index (κ1) is 17.0. The number of aryl methyl sites for hydroxylation is 1. The van der Waals surface area contributed by atoms with Crippen LogP contribution in [0.4, 0.5) is 19.3 Å². The van der Waals surface area contributed by atoms with Crippen molar-refractivity contribution in [2.75, 3.05) is 18.5 Å². The topological polar surface area (TPSA) is 50.4 Å². The smallest absolute Gasteiger partial charge is 0.319 e. The normalized spacial score (nSPS) is 10.3. The van der Waals surface area contributed by atoms with Crippen molar-refractivity contribution in [2.24, 2.45) is 0 Å².